The molecule has 0 saturated heterocycles. The molecule has 0 bridgehead atoms. The van der Waals surface area contributed by atoms with Gasteiger partial charge in [0.05, 0.1) is 17.2 Å². The summed E-state index contributed by atoms with van der Waals surface area (Å²) < 4.78 is 26.0. The van der Waals surface area contributed by atoms with E-state index < -0.39 is 29.9 Å². The molecule has 0 aliphatic rings. The summed E-state index contributed by atoms with van der Waals surface area (Å²) in [5, 5.41) is 17.2. The highest BCUT2D eigenvalue weighted by Crippen LogP contribution is 2.25. The molecule has 13 heavy (non-hydrogen) atoms. The van der Waals surface area contributed by atoms with Gasteiger partial charge >= 0.3 is 0 Å². The number of aliphatic hydroxyl groups excluding tert-OH is 2. The van der Waals surface area contributed by atoms with E-state index >= 15 is 0 Å². The maximum absolute atomic E-state index is 13.1. The summed E-state index contributed by atoms with van der Waals surface area (Å²) >= 11 is 5.35. The summed E-state index contributed by atoms with van der Waals surface area (Å²) in [5.74, 6) is -1.97. The Labute approximate surface area is 78.4 Å². The minimum Gasteiger partial charge on any atom is -0.393 e. The molecular formula is C8H7ClF2O2. The normalized spacial score (nSPS) is 13.0. The molecule has 0 amide bonds. The molecule has 2 N–H and O–H groups in total. The topological polar surface area (TPSA) is 40.5 Å². The van der Waals surface area contributed by atoms with E-state index in [-0.39, 0.29) is 5.02 Å². The lowest BCUT2D eigenvalue weighted by Gasteiger charge is -2.10. The predicted octanol–water partition coefficient (Wildman–Crippen LogP) is 1.64. The summed E-state index contributed by atoms with van der Waals surface area (Å²) in [6.45, 7) is -0.756. The minimum atomic E-state index is -1.58. The lowest BCUT2D eigenvalue weighted by Crippen LogP contribution is -2.08. The Balaban J connectivity index is 3.25. The van der Waals surface area contributed by atoms with Crippen LogP contribution in [0.4, 0.5) is 8.78 Å². The molecule has 1 aromatic rings. The molecular weight excluding hydrogens is 202 g/mol. The van der Waals surface area contributed by atoms with Crippen LogP contribution in [0.5, 0.6) is 0 Å². The lowest BCUT2D eigenvalue weighted by atomic mass is 10.1. The van der Waals surface area contributed by atoms with Crippen LogP contribution < -0.4 is 0 Å². The number of hydrogen-bond acceptors (Lipinski definition) is 2. The summed E-state index contributed by atoms with van der Waals surface area (Å²) in [5.41, 5.74) is -0.602. The van der Waals surface area contributed by atoms with Gasteiger partial charge in [-0.15, -0.1) is 0 Å². The summed E-state index contributed by atoms with van der Waals surface area (Å²) in [4.78, 5) is 0. The molecule has 0 aromatic heterocycles. The van der Waals surface area contributed by atoms with Crippen molar-refractivity contribution < 1.29 is 19.0 Å². The highest BCUT2D eigenvalue weighted by atomic mass is 35.5. The van der Waals surface area contributed by atoms with Crippen LogP contribution >= 0.6 is 11.6 Å². The number of aliphatic hydroxyl groups is 2. The Morgan fingerprint density at radius 2 is 2.00 bits per heavy atom. The molecule has 0 radical (unpaired) electrons. The van der Waals surface area contributed by atoms with Crippen molar-refractivity contribution in [2.45, 2.75) is 6.10 Å². The van der Waals surface area contributed by atoms with E-state index in [2.05, 4.69) is 0 Å². The van der Waals surface area contributed by atoms with Gasteiger partial charge in [0.25, 0.3) is 0 Å². The fourth-order valence-corrected chi connectivity index (χ4v) is 1.10. The second-order valence-electron chi connectivity index (χ2n) is 2.46. The van der Waals surface area contributed by atoms with Gasteiger partial charge in [0.1, 0.15) is 11.9 Å². The molecule has 0 spiro atoms. The van der Waals surface area contributed by atoms with Crippen molar-refractivity contribution in [3.05, 3.63) is 34.4 Å². The van der Waals surface area contributed by atoms with Gasteiger partial charge in [0.2, 0.25) is 0 Å². The van der Waals surface area contributed by atoms with Gasteiger partial charge in [0, 0.05) is 0 Å². The highest BCUT2D eigenvalue weighted by Gasteiger charge is 2.19. The van der Waals surface area contributed by atoms with E-state index in [1.807, 2.05) is 0 Å². The second-order valence-corrected chi connectivity index (χ2v) is 2.86. The zero-order valence-electron chi connectivity index (χ0n) is 6.47. The standard InChI is InChI=1S/C8H7ClF2O2/c9-4-1-2-5(10)7(8(4)11)6(13)3-12/h1-2,6,12-13H,3H2. The van der Waals surface area contributed by atoms with Gasteiger partial charge in [-0.25, -0.2) is 8.78 Å². The Morgan fingerprint density at radius 3 is 2.54 bits per heavy atom. The quantitative estimate of drug-likeness (QED) is 0.726. The average molecular weight is 209 g/mol. The molecule has 1 unspecified atom stereocenters. The van der Waals surface area contributed by atoms with Gasteiger partial charge in [-0.05, 0) is 12.1 Å². The number of hydrogen-bond donors (Lipinski definition) is 2. The fourth-order valence-electron chi connectivity index (χ4n) is 0.939. The van der Waals surface area contributed by atoms with Crippen LogP contribution in [-0.4, -0.2) is 16.8 Å². The Kier molecular flexibility index (Phi) is 3.19. The SMILES string of the molecule is OCC(O)c1c(F)ccc(Cl)c1F. The summed E-state index contributed by atoms with van der Waals surface area (Å²) in [7, 11) is 0. The van der Waals surface area contributed by atoms with Crippen LogP contribution in [0.25, 0.3) is 0 Å². The summed E-state index contributed by atoms with van der Waals surface area (Å²) in [6, 6.07) is 1.97. The first kappa shape index (κ1) is 10.4. The van der Waals surface area contributed by atoms with Gasteiger partial charge in [-0.1, -0.05) is 11.6 Å². The van der Waals surface area contributed by atoms with Crippen LogP contribution in [0, 0.1) is 11.6 Å². The second kappa shape index (κ2) is 4.00. The third-order valence-corrected chi connectivity index (χ3v) is 1.88. The third-order valence-electron chi connectivity index (χ3n) is 1.59. The number of halogens is 3. The van der Waals surface area contributed by atoms with Crippen molar-refractivity contribution in [1.29, 1.82) is 0 Å². The maximum Gasteiger partial charge on any atom is 0.150 e. The molecule has 1 rings (SSSR count). The van der Waals surface area contributed by atoms with E-state index in [9.17, 15) is 8.78 Å². The van der Waals surface area contributed by atoms with Crippen LogP contribution in [0.2, 0.25) is 5.02 Å². The molecule has 0 heterocycles. The highest BCUT2D eigenvalue weighted by molar-refractivity contribution is 6.30. The van der Waals surface area contributed by atoms with Gasteiger partial charge in [0.15, 0.2) is 5.82 Å². The molecule has 5 heteroatoms. The molecule has 0 saturated carbocycles. The monoisotopic (exact) mass is 208 g/mol. The Hall–Kier alpha value is -0.710. The van der Waals surface area contributed by atoms with Crippen LogP contribution in [0.15, 0.2) is 12.1 Å². The number of rotatable bonds is 2. The third kappa shape index (κ3) is 1.96. The lowest BCUT2D eigenvalue weighted by molar-refractivity contribution is 0.0894. The van der Waals surface area contributed by atoms with Crippen molar-refractivity contribution in [2.24, 2.45) is 0 Å². The summed E-state index contributed by atoms with van der Waals surface area (Å²) in [6.07, 6.45) is -1.58. The van der Waals surface area contributed by atoms with E-state index in [4.69, 9.17) is 21.8 Å². The van der Waals surface area contributed by atoms with Crippen molar-refractivity contribution in [3.63, 3.8) is 0 Å². The first-order valence-electron chi connectivity index (χ1n) is 3.50. The Morgan fingerprint density at radius 1 is 1.38 bits per heavy atom. The van der Waals surface area contributed by atoms with Crippen molar-refractivity contribution in [3.8, 4) is 0 Å². The Bertz CT molecular complexity index is 317. The zero-order valence-corrected chi connectivity index (χ0v) is 7.22. The van der Waals surface area contributed by atoms with Crippen LogP contribution in [0.1, 0.15) is 11.7 Å². The van der Waals surface area contributed by atoms with E-state index in [1.165, 1.54) is 0 Å². The molecule has 0 aliphatic carbocycles. The smallest absolute Gasteiger partial charge is 0.150 e. The fraction of sp³-hybridized carbons (Fsp3) is 0.250. The molecule has 2 nitrogen and oxygen atoms in total. The first-order chi connectivity index (χ1) is 6.07. The minimum absolute atomic E-state index is 0.288. The number of benzene rings is 1. The zero-order chi connectivity index (χ0) is 10.0. The van der Waals surface area contributed by atoms with Crippen molar-refractivity contribution in [2.75, 3.05) is 6.61 Å². The predicted molar refractivity (Wildman–Crippen MR) is 43.4 cm³/mol. The molecule has 1 aromatic carbocycles. The van der Waals surface area contributed by atoms with E-state index in [1.54, 1.807) is 0 Å². The maximum atomic E-state index is 13.1. The average Bonchev–Trinajstić information content (AvgIpc) is 2.12. The van der Waals surface area contributed by atoms with Crippen LogP contribution in [-0.2, 0) is 0 Å². The largest absolute Gasteiger partial charge is 0.393 e. The molecule has 0 fully saturated rings. The van der Waals surface area contributed by atoms with Gasteiger partial charge in [-0.2, -0.15) is 0 Å². The molecule has 0 aliphatic heterocycles. The van der Waals surface area contributed by atoms with E-state index in [0.717, 1.165) is 12.1 Å². The van der Waals surface area contributed by atoms with Gasteiger partial charge < -0.3 is 10.2 Å². The van der Waals surface area contributed by atoms with E-state index in [0.29, 0.717) is 0 Å². The molecule has 1 atom stereocenters. The van der Waals surface area contributed by atoms with Crippen LogP contribution in [0.3, 0.4) is 0 Å². The van der Waals surface area contributed by atoms with Gasteiger partial charge in [-0.3, -0.25) is 0 Å². The molecule has 72 valence electrons. The first-order valence-corrected chi connectivity index (χ1v) is 3.88. The van der Waals surface area contributed by atoms with Crippen molar-refractivity contribution in [1.82, 2.24) is 0 Å². The van der Waals surface area contributed by atoms with Crippen molar-refractivity contribution >= 4 is 11.6 Å².